The van der Waals surface area contributed by atoms with Gasteiger partial charge in [0.1, 0.15) is 5.78 Å². The molecular formula is C15H31NO. The van der Waals surface area contributed by atoms with Gasteiger partial charge < -0.3 is 4.90 Å². The number of carbonyl (C=O) groups excluding carboxylic acids is 1. The smallest absolute Gasteiger partial charge is 0.139 e. The van der Waals surface area contributed by atoms with Crippen LogP contribution < -0.4 is 0 Å². The van der Waals surface area contributed by atoms with Crippen LogP contribution in [0.25, 0.3) is 0 Å². The van der Waals surface area contributed by atoms with Gasteiger partial charge in [-0.1, -0.05) is 47.5 Å². The summed E-state index contributed by atoms with van der Waals surface area (Å²) in [4.78, 5) is 14.3. The second kappa shape index (κ2) is 8.68. The predicted molar refractivity (Wildman–Crippen MR) is 75.3 cm³/mol. The van der Waals surface area contributed by atoms with Crippen molar-refractivity contribution in [3.63, 3.8) is 0 Å². The molecule has 0 aromatic heterocycles. The highest BCUT2D eigenvalue weighted by atomic mass is 16.1. The molecule has 17 heavy (non-hydrogen) atoms. The fourth-order valence-electron chi connectivity index (χ4n) is 1.73. The maximum atomic E-state index is 11.9. The number of hydrogen-bond donors (Lipinski definition) is 0. The van der Waals surface area contributed by atoms with E-state index >= 15 is 0 Å². The maximum Gasteiger partial charge on any atom is 0.139 e. The van der Waals surface area contributed by atoms with Crippen molar-refractivity contribution in [2.45, 2.75) is 66.7 Å². The van der Waals surface area contributed by atoms with E-state index in [1.54, 1.807) is 0 Å². The molecule has 102 valence electrons. The van der Waals surface area contributed by atoms with E-state index in [1.807, 2.05) is 20.8 Å². The van der Waals surface area contributed by atoms with E-state index in [1.165, 1.54) is 25.7 Å². The highest BCUT2D eigenvalue weighted by molar-refractivity contribution is 5.83. The topological polar surface area (TPSA) is 20.3 Å². The molecule has 0 spiro atoms. The van der Waals surface area contributed by atoms with Gasteiger partial charge in [-0.2, -0.15) is 0 Å². The summed E-state index contributed by atoms with van der Waals surface area (Å²) in [5.41, 5.74) is -0.179. The summed E-state index contributed by atoms with van der Waals surface area (Å²) in [6.45, 7) is 13.7. The highest BCUT2D eigenvalue weighted by Gasteiger charge is 2.21. The zero-order valence-corrected chi connectivity index (χ0v) is 12.5. The van der Waals surface area contributed by atoms with Crippen molar-refractivity contribution in [1.82, 2.24) is 4.90 Å². The number of hydrogen-bond acceptors (Lipinski definition) is 2. The predicted octanol–water partition coefficient (Wildman–Crippen LogP) is 3.89. The third-order valence-corrected chi connectivity index (χ3v) is 3.15. The lowest BCUT2D eigenvalue weighted by molar-refractivity contribution is -0.126. The monoisotopic (exact) mass is 241 g/mol. The van der Waals surface area contributed by atoms with Crippen LogP contribution in [0.1, 0.15) is 66.7 Å². The van der Waals surface area contributed by atoms with E-state index in [4.69, 9.17) is 0 Å². The Morgan fingerprint density at radius 1 is 0.941 bits per heavy atom. The summed E-state index contributed by atoms with van der Waals surface area (Å²) in [7, 11) is 0. The Bertz CT molecular complexity index is 197. The van der Waals surface area contributed by atoms with Crippen LogP contribution in [-0.4, -0.2) is 30.3 Å². The Morgan fingerprint density at radius 2 is 1.41 bits per heavy atom. The summed E-state index contributed by atoms with van der Waals surface area (Å²) < 4.78 is 0. The van der Waals surface area contributed by atoms with Gasteiger partial charge >= 0.3 is 0 Å². The molecule has 0 rings (SSSR count). The van der Waals surface area contributed by atoms with Crippen molar-refractivity contribution in [3.8, 4) is 0 Å². The Morgan fingerprint density at radius 3 is 1.76 bits per heavy atom. The van der Waals surface area contributed by atoms with Crippen LogP contribution >= 0.6 is 0 Å². The first-order chi connectivity index (χ1) is 7.91. The fourth-order valence-corrected chi connectivity index (χ4v) is 1.73. The van der Waals surface area contributed by atoms with Crippen molar-refractivity contribution < 1.29 is 4.79 Å². The summed E-state index contributed by atoms with van der Waals surface area (Å²) >= 11 is 0. The SMILES string of the molecule is CCCCN(CCCC)CCC(=O)C(C)(C)C. The Kier molecular flexibility index (Phi) is 8.49. The minimum atomic E-state index is -0.179. The lowest BCUT2D eigenvalue weighted by atomic mass is 9.89. The minimum Gasteiger partial charge on any atom is -0.303 e. The zero-order valence-electron chi connectivity index (χ0n) is 12.5. The van der Waals surface area contributed by atoms with Crippen molar-refractivity contribution in [2.75, 3.05) is 19.6 Å². The summed E-state index contributed by atoms with van der Waals surface area (Å²) in [5, 5.41) is 0. The van der Waals surface area contributed by atoms with Crippen LogP contribution in [0.4, 0.5) is 0 Å². The van der Waals surface area contributed by atoms with E-state index in [0.29, 0.717) is 12.2 Å². The number of carbonyl (C=O) groups is 1. The van der Waals surface area contributed by atoms with Gasteiger partial charge in [-0.15, -0.1) is 0 Å². The van der Waals surface area contributed by atoms with E-state index in [9.17, 15) is 4.79 Å². The molecule has 0 radical (unpaired) electrons. The van der Waals surface area contributed by atoms with Crippen LogP contribution in [0, 0.1) is 5.41 Å². The minimum absolute atomic E-state index is 0.179. The van der Waals surface area contributed by atoms with Crippen LogP contribution in [-0.2, 0) is 4.79 Å². The van der Waals surface area contributed by atoms with Gasteiger partial charge in [-0.05, 0) is 25.9 Å². The molecule has 0 N–H and O–H groups in total. The molecule has 0 amide bonds. The third kappa shape index (κ3) is 8.37. The lowest BCUT2D eigenvalue weighted by Gasteiger charge is -2.24. The number of unbranched alkanes of at least 4 members (excludes halogenated alkanes) is 2. The maximum absolute atomic E-state index is 11.9. The molecule has 0 aromatic rings. The molecule has 0 saturated carbocycles. The second-order valence-electron chi connectivity index (χ2n) is 5.97. The van der Waals surface area contributed by atoms with Crippen LogP contribution in [0.2, 0.25) is 0 Å². The second-order valence-corrected chi connectivity index (χ2v) is 5.97. The van der Waals surface area contributed by atoms with E-state index in [2.05, 4.69) is 18.7 Å². The molecule has 0 bridgehead atoms. The van der Waals surface area contributed by atoms with Crippen molar-refractivity contribution in [3.05, 3.63) is 0 Å². The number of rotatable bonds is 9. The molecule has 0 heterocycles. The van der Waals surface area contributed by atoms with E-state index < -0.39 is 0 Å². The molecule has 0 unspecified atom stereocenters. The Balaban J connectivity index is 4.01. The summed E-state index contributed by atoms with van der Waals surface area (Å²) in [6, 6.07) is 0. The molecule has 0 aliphatic carbocycles. The van der Waals surface area contributed by atoms with Crippen molar-refractivity contribution >= 4 is 5.78 Å². The van der Waals surface area contributed by atoms with Gasteiger partial charge in [0, 0.05) is 18.4 Å². The quantitative estimate of drug-likeness (QED) is 0.610. The van der Waals surface area contributed by atoms with Crippen LogP contribution in [0.15, 0.2) is 0 Å². The van der Waals surface area contributed by atoms with E-state index in [0.717, 1.165) is 19.6 Å². The molecule has 0 atom stereocenters. The summed E-state index contributed by atoms with van der Waals surface area (Å²) in [5.74, 6) is 0.385. The largest absolute Gasteiger partial charge is 0.303 e. The molecule has 0 fully saturated rings. The fraction of sp³-hybridized carbons (Fsp3) is 0.933. The number of Topliss-reactive ketones (excluding diaryl/α,β-unsaturated/α-hetero) is 1. The number of nitrogens with zero attached hydrogens (tertiary/aromatic N) is 1. The lowest BCUT2D eigenvalue weighted by Crippen LogP contribution is -2.31. The van der Waals surface area contributed by atoms with Gasteiger partial charge in [0.2, 0.25) is 0 Å². The molecule has 0 aliphatic rings. The highest BCUT2D eigenvalue weighted by Crippen LogP contribution is 2.17. The van der Waals surface area contributed by atoms with Gasteiger partial charge in [0.25, 0.3) is 0 Å². The van der Waals surface area contributed by atoms with Gasteiger partial charge in [-0.3, -0.25) is 4.79 Å². The molecule has 0 aromatic carbocycles. The molecule has 2 nitrogen and oxygen atoms in total. The average Bonchev–Trinajstić information content (AvgIpc) is 2.26. The average molecular weight is 241 g/mol. The van der Waals surface area contributed by atoms with Gasteiger partial charge in [0.15, 0.2) is 0 Å². The van der Waals surface area contributed by atoms with Gasteiger partial charge in [-0.25, -0.2) is 0 Å². The van der Waals surface area contributed by atoms with E-state index in [-0.39, 0.29) is 5.41 Å². The first kappa shape index (κ1) is 16.6. The third-order valence-electron chi connectivity index (χ3n) is 3.15. The van der Waals surface area contributed by atoms with Gasteiger partial charge in [0.05, 0.1) is 0 Å². The van der Waals surface area contributed by atoms with Crippen molar-refractivity contribution in [2.24, 2.45) is 5.41 Å². The Hall–Kier alpha value is -0.370. The molecule has 2 heteroatoms. The molecule has 0 aliphatic heterocycles. The van der Waals surface area contributed by atoms with Crippen LogP contribution in [0.3, 0.4) is 0 Å². The Labute approximate surface area is 108 Å². The molecule has 0 saturated heterocycles. The first-order valence-corrected chi connectivity index (χ1v) is 7.17. The zero-order chi connectivity index (χ0) is 13.3. The summed E-state index contributed by atoms with van der Waals surface area (Å²) in [6.07, 6.45) is 5.66. The standard InChI is InChI=1S/C15H31NO/c1-6-8-11-16(12-9-7-2)13-10-14(17)15(3,4)5/h6-13H2,1-5H3. The first-order valence-electron chi connectivity index (χ1n) is 7.17. The number of ketones is 1. The molecular weight excluding hydrogens is 210 g/mol. The van der Waals surface area contributed by atoms with Crippen molar-refractivity contribution in [1.29, 1.82) is 0 Å². The normalized spacial score (nSPS) is 12.1. The van der Waals surface area contributed by atoms with Crippen LogP contribution in [0.5, 0.6) is 0 Å².